The maximum absolute atomic E-state index is 2.42. The fraction of sp³-hybridized carbons (Fsp3) is 0.214. The summed E-state index contributed by atoms with van der Waals surface area (Å²) in [5, 5.41) is 6.73. The van der Waals surface area contributed by atoms with Crippen LogP contribution in [0.1, 0.15) is 37.5 Å². The van der Waals surface area contributed by atoms with Crippen LogP contribution in [0.5, 0.6) is 0 Å². The molecule has 0 nitrogen and oxygen atoms in total. The van der Waals surface area contributed by atoms with Crippen LogP contribution in [0.3, 0.4) is 0 Å². The van der Waals surface area contributed by atoms with Crippen molar-refractivity contribution in [2.45, 2.75) is 39.0 Å². The molecule has 3 heterocycles. The maximum atomic E-state index is 2.42. The molecule has 31 heavy (non-hydrogen) atoms. The van der Waals surface area contributed by atoms with Gasteiger partial charge in [0.2, 0.25) is 0 Å². The Hall–Kier alpha value is -2.20. The van der Waals surface area contributed by atoms with Crippen molar-refractivity contribution in [2.75, 3.05) is 0 Å². The van der Waals surface area contributed by atoms with E-state index in [1.54, 1.807) is 0 Å². The lowest BCUT2D eigenvalue weighted by Gasteiger charge is -2.03. The monoisotopic (exact) mass is 456 g/mol. The number of hydrogen-bond acceptors (Lipinski definition) is 3. The second-order valence-electron chi connectivity index (χ2n) is 8.38. The first-order valence-corrected chi connectivity index (χ1v) is 13.6. The van der Waals surface area contributed by atoms with Gasteiger partial charge < -0.3 is 0 Å². The van der Waals surface area contributed by atoms with E-state index < -0.39 is 0 Å². The van der Waals surface area contributed by atoms with Crippen molar-refractivity contribution in [3.63, 3.8) is 0 Å². The Kier molecular flexibility index (Phi) is 5.06. The highest BCUT2D eigenvalue weighted by atomic mass is 32.1. The molecule has 0 spiro atoms. The molecule has 3 heteroatoms. The second kappa shape index (κ2) is 8.05. The van der Waals surface area contributed by atoms with Crippen LogP contribution in [-0.4, -0.2) is 0 Å². The summed E-state index contributed by atoms with van der Waals surface area (Å²) in [6.07, 6.45) is 6.57. The van der Waals surface area contributed by atoms with Crippen LogP contribution in [0.25, 0.3) is 50.8 Å². The molecule has 0 bridgehead atoms. The molecule has 0 aliphatic rings. The molecule has 0 aliphatic carbocycles. The molecule has 6 aromatic rings. The molecule has 0 fully saturated rings. The molecule has 0 saturated carbocycles. The van der Waals surface area contributed by atoms with Crippen molar-refractivity contribution >= 4 is 75.0 Å². The fourth-order valence-corrected chi connectivity index (χ4v) is 8.16. The van der Waals surface area contributed by atoms with Crippen LogP contribution < -0.4 is 0 Å². The third kappa shape index (κ3) is 3.59. The molecule has 0 radical (unpaired) electrons. The number of thiophene rings is 3. The number of fused-ring (bicyclic) bond motifs is 5. The average molecular weight is 457 g/mol. The Balaban J connectivity index is 1.38. The number of benzene rings is 3. The van der Waals surface area contributed by atoms with E-state index in [2.05, 4.69) is 73.7 Å². The Bertz CT molecular complexity index is 1530. The summed E-state index contributed by atoms with van der Waals surface area (Å²) in [4.78, 5) is 4.39. The van der Waals surface area contributed by atoms with Gasteiger partial charge in [-0.05, 0) is 76.9 Å². The minimum absolute atomic E-state index is 1.23. The van der Waals surface area contributed by atoms with Gasteiger partial charge in [-0.1, -0.05) is 50.5 Å². The molecule has 0 aliphatic heterocycles. The molecule has 3 aromatic carbocycles. The van der Waals surface area contributed by atoms with Crippen molar-refractivity contribution in [3.05, 3.63) is 71.6 Å². The molecule has 0 atom stereocenters. The van der Waals surface area contributed by atoms with Crippen LogP contribution in [-0.2, 0) is 6.42 Å². The van der Waals surface area contributed by atoms with Crippen molar-refractivity contribution in [1.29, 1.82) is 0 Å². The molecule has 0 amide bonds. The van der Waals surface area contributed by atoms with Gasteiger partial charge in [0.15, 0.2) is 0 Å². The first-order chi connectivity index (χ1) is 15.3. The summed E-state index contributed by atoms with van der Waals surface area (Å²) in [6, 6.07) is 25.2. The molecule has 0 saturated heterocycles. The second-order valence-corrected chi connectivity index (χ2v) is 11.7. The highest BCUT2D eigenvalue weighted by Gasteiger charge is 2.13. The quantitative estimate of drug-likeness (QED) is 0.173. The van der Waals surface area contributed by atoms with E-state index in [-0.39, 0.29) is 0 Å². The van der Waals surface area contributed by atoms with Crippen molar-refractivity contribution in [2.24, 2.45) is 0 Å². The lowest BCUT2D eigenvalue weighted by molar-refractivity contribution is 0.670. The third-order valence-electron chi connectivity index (χ3n) is 6.15. The van der Waals surface area contributed by atoms with Crippen LogP contribution in [0, 0.1) is 0 Å². The Morgan fingerprint density at radius 1 is 0.613 bits per heavy atom. The summed E-state index contributed by atoms with van der Waals surface area (Å²) in [6.45, 7) is 2.28. The minimum atomic E-state index is 1.23. The number of aryl methyl sites for hydroxylation is 1. The molecule has 6 rings (SSSR count). The van der Waals surface area contributed by atoms with E-state index >= 15 is 0 Å². The van der Waals surface area contributed by atoms with Crippen LogP contribution in [0.2, 0.25) is 0 Å². The fourth-order valence-electron chi connectivity index (χ4n) is 4.48. The van der Waals surface area contributed by atoms with Crippen molar-refractivity contribution in [3.8, 4) is 9.75 Å². The minimum Gasteiger partial charge on any atom is -0.139 e. The highest BCUT2D eigenvalue weighted by Crippen LogP contribution is 2.45. The van der Waals surface area contributed by atoms with E-state index in [1.807, 2.05) is 34.0 Å². The zero-order chi connectivity index (χ0) is 20.8. The van der Waals surface area contributed by atoms with Crippen LogP contribution in [0.15, 0.2) is 66.7 Å². The molecule has 0 N–H and O–H groups in total. The average Bonchev–Trinajstić information content (AvgIpc) is 3.48. The largest absolute Gasteiger partial charge is 0.139 e. The van der Waals surface area contributed by atoms with Crippen LogP contribution in [0.4, 0.5) is 0 Å². The third-order valence-corrected chi connectivity index (χ3v) is 9.88. The highest BCUT2D eigenvalue weighted by molar-refractivity contribution is 7.34. The maximum Gasteiger partial charge on any atom is 0.0536 e. The van der Waals surface area contributed by atoms with Gasteiger partial charge in [0.05, 0.1) is 4.70 Å². The summed E-state index contributed by atoms with van der Waals surface area (Å²) in [5.74, 6) is 0. The van der Waals surface area contributed by atoms with E-state index in [0.29, 0.717) is 0 Å². The smallest absolute Gasteiger partial charge is 0.0536 e. The molecular formula is C28H24S3. The lowest BCUT2D eigenvalue weighted by Crippen LogP contribution is -1.80. The van der Waals surface area contributed by atoms with E-state index in [0.717, 1.165) is 0 Å². The van der Waals surface area contributed by atoms with Gasteiger partial charge in [0.1, 0.15) is 0 Å². The predicted octanol–water partition coefficient (Wildman–Crippen LogP) is 10.3. The lowest BCUT2D eigenvalue weighted by atomic mass is 10.0. The SMILES string of the molecule is CCCCCCc1ccc(-c2cc3sc4cc5cc6ccccc6cc5cc4c3s2)s1. The standard InChI is InChI=1S/C28H24S3/c1-2-3-4-5-10-22-11-12-24(29-22)26-17-27-28(31-26)23-15-20-13-18-8-6-7-9-19(18)14-21(20)16-25(23)30-27/h6-9,11-17H,2-5,10H2,1H3. The first kappa shape index (κ1) is 19.5. The Morgan fingerprint density at radius 2 is 1.42 bits per heavy atom. The summed E-state index contributed by atoms with van der Waals surface area (Å²) in [7, 11) is 0. The topological polar surface area (TPSA) is 0 Å². The van der Waals surface area contributed by atoms with Gasteiger partial charge in [0, 0.05) is 29.4 Å². The van der Waals surface area contributed by atoms with Crippen molar-refractivity contribution < 1.29 is 0 Å². The molecule has 0 unspecified atom stereocenters. The Morgan fingerprint density at radius 3 is 2.23 bits per heavy atom. The first-order valence-electron chi connectivity index (χ1n) is 11.2. The van der Waals surface area contributed by atoms with E-state index in [1.165, 1.54) is 87.8 Å². The van der Waals surface area contributed by atoms with Crippen molar-refractivity contribution in [1.82, 2.24) is 0 Å². The van der Waals surface area contributed by atoms with Gasteiger partial charge in [-0.3, -0.25) is 0 Å². The normalized spacial score (nSPS) is 12.0. The number of hydrogen-bond donors (Lipinski definition) is 0. The number of unbranched alkanes of at least 4 members (excludes halogenated alkanes) is 3. The summed E-state index contributed by atoms with van der Waals surface area (Å²) < 4.78 is 4.27. The zero-order valence-electron chi connectivity index (χ0n) is 17.6. The van der Waals surface area contributed by atoms with Gasteiger partial charge in [-0.15, -0.1) is 34.0 Å². The molecule has 154 valence electrons. The Labute approximate surface area is 194 Å². The summed E-state index contributed by atoms with van der Waals surface area (Å²) in [5.41, 5.74) is 0. The zero-order valence-corrected chi connectivity index (χ0v) is 20.1. The van der Waals surface area contributed by atoms with Gasteiger partial charge in [0.25, 0.3) is 0 Å². The predicted molar refractivity (Wildman–Crippen MR) is 143 cm³/mol. The molecular weight excluding hydrogens is 433 g/mol. The van der Waals surface area contributed by atoms with Gasteiger partial charge >= 0.3 is 0 Å². The van der Waals surface area contributed by atoms with E-state index in [9.17, 15) is 0 Å². The van der Waals surface area contributed by atoms with E-state index in [4.69, 9.17) is 0 Å². The van der Waals surface area contributed by atoms with Gasteiger partial charge in [-0.2, -0.15) is 0 Å². The summed E-state index contributed by atoms with van der Waals surface area (Å²) >= 11 is 5.89. The van der Waals surface area contributed by atoms with Gasteiger partial charge in [-0.25, -0.2) is 0 Å². The molecule has 3 aromatic heterocycles. The van der Waals surface area contributed by atoms with Crippen LogP contribution >= 0.6 is 34.0 Å². The number of rotatable bonds is 6.